The van der Waals surface area contributed by atoms with Crippen LogP contribution in [-0.2, 0) is 25.3 Å². The Bertz CT molecular complexity index is 2030. The van der Waals surface area contributed by atoms with Gasteiger partial charge in [-0.05, 0) is 62.6 Å². The van der Waals surface area contributed by atoms with Crippen molar-refractivity contribution in [2.24, 2.45) is 10.7 Å². The lowest BCUT2D eigenvalue weighted by molar-refractivity contribution is -0.122. The van der Waals surface area contributed by atoms with Gasteiger partial charge in [0.2, 0.25) is 11.8 Å². The Morgan fingerprint density at radius 1 is 1.12 bits per heavy atom. The summed E-state index contributed by atoms with van der Waals surface area (Å²) in [5.74, 6) is 6.26. The molecular weight excluding hydrogens is 689 g/mol. The summed E-state index contributed by atoms with van der Waals surface area (Å²) < 4.78 is 17.7. The standard InChI is InChI=1S/C33H35ClN7O6PS/c1-19-20(2)49-33-30(19)31(22-8-11-25(34)12-9-22)38-27(32-40-39-21(3)41(32)33)17-29(43)36-15-5-7-28(42)37-26-13-10-24(18-47-48(44,45)46)23(16-26)6-4-14-35/h8-13,16,27H,5,7,14-15,17-18,35H2,1-3H3,(H,36,43)(H,37,42)(H2,44,45,46)/t27-/m0/s1. The van der Waals surface area contributed by atoms with Crippen LogP contribution in [-0.4, -0.2) is 55.2 Å². The van der Waals surface area contributed by atoms with Gasteiger partial charge >= 0.3 is 7.82 Å². The fraction of sp³-hybridized carbons (Fsp3) is 0.303. The van der Waals surface area contributed by atoms with E-state index in [-0.39, 0.29) is 44.4 Å². The number of nitrogens with zero attached hydrogens (tertiary/aromatic N) is 4. The van der Waals surface area contributed by atoms with Gasteiger partial charge < -0.3 is 26.2 Å². The highest BCUT2D eigenvalue weighted by molar-refractivity contribution is 7.46. The molecule has 0 radical (unpaired) electrons. The molecule has 0 unspecified atom stereocenters. The zero-order chi connectivity index (χ0) is 35.3. The highest BCUT2D eigenvalue weighted by atomic mass is 35.5. The van der Waals surface area contributed by atoms with Gasteiger partial charge in [-0.25, -0.2) is 4.57 Å². The van der Waals surface area contributed by atoms with E-state index < -0.39 is 13.9 Å². The molecule has 1 atom stereocenters. The maximum atomic E-state index is 13.2. The molecule has 0 saturated heterocycles. The SMILES string of the molecule is Cc1sc2c(c1C)C(c1ccc(Cl)cc1)=N[C@@H](CC(=O)NCCCC(=O)Nc1ccc(COP(=O)(O)O)c(C#CCN)c1)c1nnc(C)n1-2. The third kappa shape index (κ3) is 8.89. The minimum Gasteiger partial charge on any atom is -0.356 e. The van der Waals surface area contributed by atoms with Crippen molar-refractivity contribution in [2.75, 3.05) is 18.4 Å². The molecule has 0 saturated carbocycles. The molecule has 6 N–H and O–H groups in total. The van der Waals surface area contributed by atoms with Gasteiger partial charge in [-0.15, -0.1) is 21.5 Å². The van der Waals surface area contributed by atoms with Crippen molar-refractivity contribution in [3.05, 3.63) is 91.8 Å². The second-order valence-corrected chi connectivity index (χ2v) is 14.1. The summed E-state index contributed by atoms with van der Waals surface area (Å²) in [6, 6.07) is 11.6. The Balaban J connectivity index is 1.23. The summed E-state index contributed by atoms with van der Waals surface area (Å²) in [4.78, 5) is 50.2. The number of carbonyl (C=O) groups is 2. The quantitative estimate of drug-likeness (QED) is 0.0832. The molecule has 5 rings (SSSR count). The Labute approximate surface area is 292 Å². The minimum absolute atomic E-state index is 0.0269. The molecule has 0 aliphatic carbocycles. The van der Waals surface area contributed by atoms with E-state index in [1.54, 1.807) is 29.5 Å². The van der Waals surface area contributed by atoms with E-state index in [4.69, 9.17) is 32.1 Å². The first-order chi connectivity index (χ1) is 23.3. The fourth-order valence-corrected chi connectivity index (χ4v) is 6.92. The Morgan fingerprint density at radius 2 is 1.88 bits per heavy atom. The average Bonchev–Trinajstić information content (AvgIpc) is 3.53. The normalized spacial score (nSPS) is 13.8. The molecule has 2 aromatic carbocycles. The molecule has 1 aliphatic heterocycles. The molecule has 13 nitrogen and oxygen atoms in total. The number of rotatable bonds is 11. The van der Waals surface area contributed by atoms with Crippen molar-refractivity contribution >= 4 is 54.0 Å². The second kappa shape index (κ2) is 15.6. The number of halogens is 1. The molecule has 0 spiro atoms. The molecule has 1 aliphatic rings. The lowest BCUT2D eigenvalue weighted by atomic mass is 9.99. The number of phosphoric acid groups is 1. The number of anilines is 1. The van der Waals surface area contributed by atoms with Crippen LogP contribution in [0.2, 0.25) is 5.02 Å². The minimum atomic E-state index is -4.68. The zero-order valence-corrected chi connectivity index (χ0v) is 29.5. The third-order valence-electron chi connectivity index (χ3n) is 7.75. The average molecular weight is 724 g/mol. The topological polar surface area (TPSA) is 194 Å². The molecule has 0 bridgehead atoms. The smallest absolute Gasteiger partial charge is 0.356 e. The van der Waals surface area contributed by atoms with Crippen molar-refractivity contribution in [1.29, 1.82) is 0 Å². The second-order valence-electron chi connectivity index (χ2n) is 11.3. The van der Waals surface area contributed by atoms with Crippen LogP contribution in [0.5, 0.6) is 0 Å². The van der Waals surface area contributed by atoms with Crippen molar-refractivity contribution in [2.45, 2.75) is 52.7 Å². The summed E-state index contributed by atoms with van der Waals surface area (Å²) in [6.07, 6.45) is 0.529. The van der Waals surface area contributed by atoms with Gasteiger partial charge in [0.15, 0.2) is 5.82 Å². The lowest BCUT2D eigenvalue weighted by Crippen LogP contribution is -2.27. The molecule has 49 heavy (non-hydrogen) atoms. The molecule has 0 fully saturated rings. The van der Waals surface area contributed by atoms with E-state index in [9.17, 15) is 14.2 Å². The number of nitrogens with one attached hydrogen (secondary N) is 2. The van der Waals surface area contributed by atoms with Crippen LogP contribution >= 0.6 is 30.8 Å². The summed E-state index contributed by atoms with van der Waals surface area (Å²) in [5, 5.41) is 16.0. The highest BCUT2D eigenvalue weighted by Gasteiger charge is 2.32. The number of benzene rings is 2. The first kappa shape index (κ1) is 36.1. The van der Waals surface area contributed by atoms with E-state index in [0.717, 1.165) is 32.3 Å². The van der Waals surface area contributed by atoms with Crippen molar-refractivity contribution in [3.63, 3.8) is 0 Å². The Hall–Kier alpha value is -4.19. The van der Waals surface area contributed by atoms with Crippen LogP contribution in [0.25, 0.3) is 5.00 Å². The lowest BCUT2D eigenvalue weighted by Gasteiger charge is -2.13. The largest absolute Gasteiger partial charge is 0.469 e. The summed E-state index contributed by atoms with van der Waals surface area (Å²) in [5.41, 5.74) is 10.5. The number of hydrogen-bond acceptors (Lipinski definition) is 9. The Kier molecular flexibility index (Phi) is 11.5. The van der Waals surface area contributed by atoms with Gasteiger partial charge in [-0.3, -0.25) is 23.7 Å². The predicted octanol–water partition coefficient (Wildman–Crippen LogP) is 4.64. The van der Waals surface area contributed by atoms with Gasteiger partial charge in [0.25, 0.3) is 0 Å². The number of hydrogen-bond donors (Lipinski definition) is 5. The van der Waals surface area contributed by atoms with Crippen molar-refractivity contribution in [3.8, 4) is 16.8 Å². The van der Waals surface area contributed by atoms with Crippen LogP contribution in [0.3, 0.4) is 0 Å². The van der Waals surface area contributed by atoms with Crippen LogP contribution in [0.15, 0.2) is 47.5 Å². The number of amides is 2. The van der Waals surface area contributed by atoms with E-state index in [2.05, 4.69) is 51.0 Å². The monoisotopic (exact) mass is 723 g/mol. The maximum absolute atomic E-state index is 13.2. The van der Waals surface area contributed by atoms with Gasteiger partial charge in [0, 0.05) is 45.2 Å². The molecule has 2 aromatic heterocycles. The summed E-state index contributed by atoms with van der Waals surface area (Å²) >= 11 is 7.83. The number of aliphatic imine (C=N–C) groups is 1. The van der Waals surface area contributed by atoms with E-state index in [1.165, 1.54) is 0 Å². The van der Waals surface area contributed by atoms with Gasteiger partial charge in [0.05, 0.1) is 25.3 Å². The number of phosphoric ester groups is 1. The number of carbonyl (C=O) groups excluding carboxylic acids is 2. The predicted molar refractivity (Wildman–Crippen MR) is 188 cm³/mol. The third-order valence-corrected chi connectivity index (χ3v) is 9.66. The number of nitrogens with two attached hydrogens (primary N) is 1. The van der Waals surface area contributed by atoms with Gasteiger partial charge in [0.1, 0.15) is 16.9 Å². The molecule has 4 aromatic rings. The number of fused-ring (bicyclic) bond motifs is 3. The van der Waals surface area contributed by atoms with Crippen LogP contribution < -0.4 is 16.4 Å². The molecule has 16 heteroatoms. The number of aryl methyl sites for hydroxylation is 2. The van der Waals surface area contributed by atoms with Gasteiger partial charge in [-0.1, -0.05) is 41.6 Å². The van der Waals surface area contributed by atoms with Crippen LogP contribution in [0, 0.1) is 32.6 Å². The van der Waals surface area contributed by atoms with Crippen LogP contribution in [0.4, 0.5) is 5.69 Å². The van der Waals surface area contributed by atoms with E-state index in [0.29, 0.717) is 39.9 Å². The molecular formula is C33H35ClN7O6PS. The maximum Gasteiger partial charge on any atom is 0.469 e. The molecule has 256 valence electrons. The summed E-state index contributed by atoms with van der Waals surface area (Å²) in [6.45, 7) is 5.98. The van der Waals surface area contributed by atoms with Gasteiger partial charge in [-0.2, -0.15) is 0 Å². The zero-order valence-electron chi connectivity index (χ0n) is 27.0. The van der Waals surface area contributed by atoms with E-state index in [1.807, 2.05) is 35.8 Å². The van der Waals surface area contributed by atoms with Crippen molar-refractivity contribution < 1.29 is 28.5 Å². The van der Waals surface area contributed by atoms with Crippen LogP contribution in [0.1, 0.15) is 69.6 Å². The van der Waals surface area contributed by atoms with Crippen molar-refractivity contribution in [1.82, 2.24) is 20.1 Å². The molecule has 2 amide bonds. The fourth-order valence-electron chi connectivity index (χ4n) is 5.28. The number of thiophene rings is 1. The highest BCUT2D eigenvalue weighted by Crippen LogP contribution is 2.40. The number of aromatic nitrogens is 3. The first-order valence-electron chi connectivity index (χ1n) is 15.3. The summed E-state index contributed by atoms with van der Waals surface area (Å²) in [7, 11) is -4.68. The Morgan fingerprint density at radius 3 is 2.59 bits per heavy atom. The first-order valence-corrected chi connectivity index (χ1v) is 18.0. The molecule has 3 heterocycles. The van der Waals surface area contributed by atoms with E-state index >= 15 is 0 Å².